The molecular weight excluding hydrogens is 325 g/mol. The number of amides is 1. The van der Waals surface area contributed by atoms with Gasteiger partial charge in [-0.05, 0) is 51.0 Å². The number of carbonyl (C=O) groups is 2. The highest BCUT2D eigenvalue weighted by Crippen LogP contribution is 2.35. The molecular formula is C16H19ClFNO4. The number of rotatable bonds is 2. The molecule has 1 aliphatic rings. The standard InChI is InChI=1S/C16H19ClFNO4/c1-16(2,3)23-15(22)19-8-9(6-13(19)14(20)21)11-7-10(17)4-5-12(11)18/h4-5,7,9,13H,6,8H2,1-3H3,(H,20,21)/t9-,13?/m0/s1. The number of aliphatic carboxylic acids is 1. The normalized spacial score (nSPS) is 21.3. The van der Waals surface area contributed by atoms with Crippen molar-refractivity contribution >= 4 is 23.7 Å². The largest absolute Gasteiger partial charge is 0.480 e. The van der Waals surface area contributed by atoms with Crippen molar-refractivity contribution in [1.82, 2.24) is 4.90 Å². The summed E-state index contributed by atoms with van der Waals surface area (Å²) < 4.78 is 19.3. The average Bonchev–Trinajstić information content (AvgIpc) is 2.85. The van der Waals surface area contributed by atoms with Crippen LogP contribution in [0.1, 0.15) is 38.7 Å². The summed E-state index contributed by atoms with van der Waals surface area (Å²) in [6.45, 7) is 5.17. The molecule has 0 bridgehead atoms. The van der Waals surface area contributed by atoms with Gasteiger partial charge in [0.05, 0.1) is 0 Å². The van der Waals surface area contributed by atoms with E-state index in [0.29, 0.717) is 10.6 Å². The SMILES string of the molecule is CC(C)(C)OC(=O)N1C[C@@H](c2cc(Cl)ccc2F)CC1C(=O)O. The Morgan fingerprint density at radius 3 is 2.61 bits per heavy atom. The van der Waals surface area contributed by atoms with Crippen molar-refractivity contribution in [2.45, 2.75) is 44.8 Å². The Bertz CT molecular complexity index is 629. The van der Waals surface area contributed by atoms with E-state index in [4.69, 9.17) is 16.3 Å². The lowest BCUT2D eigenvalue weighted by Crippen LogP contribution is -2.43. The Labute approximate surface area is 139 Å². The Kier molecular flexibility index (Phi) is 4.84. The molecule has 1 saturated heterocycles. The first-order valence-electron chi connectivity index (χ1n) is 7.26. The quantitative estimate of drug-likeness (QED) is 0.890. The zero-order chi connectivity index (χ0) is 17.4. The molecule has 1 unspecified atom stereocenters. The second kappa shape index (κ2) is 6.35. The lowest BCUT2D eigenvalue weighted by molar-refractivity contribution is -0.142. The van der Waals surface area contributed by atoms with Crippen molar-refractivity contribution in [2.75, 3.05) is 6.54 Å². The monoisotopic (exact) mass is 343 g/mol. The van der Waals surface area contributed by atoms with Crippen LogP contribution < -0.4 is 0 Å². The highest BCUT2D eigenvalue weighted by molar-refractivity contribution is 6.30. The summed E-state index contributed by atoms with van der Waals surface area (Å²) in [5, 5.41) is 9.72. The van der Waals surface area contributed by atoms with Gasteiger partial charge in [0.15, 0.2) is 0 Å². The van der Waals surface area contributed by atoms with Gasteiger partial charge in [-0.3, -0.25) is 4.90 Å². The Balaban J connectivity index is 2.26. The number of benzene rings is 1. The first-order chi connectivity index (χ1) is 10.6. The minimum absolute atomic E-state index is 0.0726. The van der Waals surface area contributed by atoms with Crippen LogP contribution in [0.4, 0.5) is 9.18 Å². The second-order valence-corrected chi connectivity index (χ2v) is 7.02. The molecule has 126 valence electrons. The van der Waals surface area contributed by atoms with Gasteiger partial charge in [0, 0.05) is 17.5 Å². The van der Waals surface area contributed by atoms with Crippen LogP contribution in [0, 0.1) is 5.82 Å². The third-order valence-corrected chi connectivity index (χ3v) is 3.85. The number of carboxylic acids is 1. The van der Waals surface area contributed by atoms with Gasteiger partial charge >= 0.3 is 12.1 Å². The summed E-state index contributed by atoms with van der Waals surface area (Å²) in [5.74, 6) is -2.04. The molecule has 1 amide bonds. The Morgan fingerprint density at radius 2 is 2.04 bits per heavy atom. The van der Waals surface area contributed by atoms with E-state index in [1.807, 2.05) is 0 Å². The third-order valence-electron chi connectivity index (χ3n) is 3.61. The van der Waals surface area contributed by atoms with E-state index < -0.39 is 35.4 Å². The van der Waals surface area contributed by atoms with Crippen molar-refractivity contribution in [3.63, 3.8) is 0 Å². The van der Waals surface area contributed by atoms with E-state index >= 15 is 0 Å². The van der Waals surface area contributed by atoms with Crippen molar-refractivity contribution < 1.29 is 23.8 Å². The van der Waals surface area contributed by atoms with Gasteiger partial charge in [-0.15, -0.1) is 0 Å². The first-order valence-corrected chi connectivity index (χ1v) is 7.63. The topological polar surface area (TPSA) is 66.8 Å². The van der Waals surface area contributed by atoms with Crippen LogP contribution >= 0.6 is 11.6 Å². The number of carboxylic acid groups (broad SMARTS) is 1. The molecule has 0 aliphatic carbocycles. The Morgan fingerprint density at radius 1 is 1.39 bits per heavy atom. The summed E-state index contributed by atoms with van der Waals surface area (Å²) in [5.41, 5.74) is -0.422. The predicted octanol–water partition coefficient (Wildman–Crippen LogP) is 3.66. The molecule has 0 saturated carbocycles. The maximum Gasteiger partial charge on any atom is 0.411 e. The van der Waals surface area contributed by atoms with E-state index in [2.05, 4.69) is 0 Å². The Hall–Kier alpha value is -1.82. The smallest absolute Gasteiger partial charge is 0.411 e. The van der Waals surface area contributed by atoms with Gasteiger partial charge < -0.3 is 9.84 Å². The van der Waals surface area contributed by atoms with Gasteiger partial charge in [0.25, 0.3) is 0 Å². The van der Waals surface area contributed by atoms with Crippen LogP contribution in [0.15, 0.2) is 18.2 Å². The van der Waals surface area contributed by atoms with E-state index in [0.717, 1.165) is 4.90 Å². The molecule has 23 heavy (non-hydrogen) atoms. The van der Waals surface area contributed by atoms with Gasteiger partial charge in [-0.25, -0.2) is 14.0 Å². The summed E-state index contributed by atoms with van der Waals surface area (Å²) in [6.07, 6.45) is -0.596. The van der Waals surface area contributed by atoms with Crippen molar-refractivity contribution in [3.05, 3.63) is 34.6 Å². The molecule has 2 atom stereocenters. The number of likely N-dealkylation sites (tertiary alicyclic amines) is 1. The molecule has 2 rings (SSSR count). The molecule has 1 fully saturated rings. The van der Waals surface area contributed by atoms with Gasteiger partial charge in [0.1, 0.15) is 17.5 Å². The molecule has 0 radical (unpaired) electrons. The van der Waals surface area contributed by atoms with Gasteiger partial charge in [-0.2, -0.15) is 0 Å². The highest BCUT2D eigenvalue weighted by Gasteiger charge is 2.42. The molecule has 1 N–H and O–H groups in total. The molecule has 1 heterocycles. The molecule has 1 aromatic carbocycles. The molecule has 7 heteroatoms. The lowest BCUT2D eigenvalue weighted by Gasteiger charge is -2.26. The van der Waals surface area contributed by atoms with Crippen LogP contribution in [0.25, 0.3) is 0 Å². The molecule has 1 aromatic rings. The molecule has 0 aromatic heterocycles. The van der Waals surface area contributed by atoms with E-state index in [1.54, 1.807) is 20.8 Å². The number of carbonyl (C=O) groups excluding carboxylic acids is 1. The summed E-state index contributed by atoms with van der Waals surface area (Å²) >= 11 is 5.89. The lowest BCUT2D eigenvalue weighted by atomic mass is 9.96. The van der Waals surface area contributed by atoms with Crippen LogP contribution in [0.2, 0.25) is 5.02 Å². The fraction of sp³-hybridized carbons (Fsp3) is 0.500. The minimum Gasteiger partial charge on any atom is -0.480 e. The average molecular weight is 344 g/mol. The van der Waals surface area contributed by atoms with Crippen molar-refractivity contribution in [1.29, 1.82) is 0 Å². The summed E-state index contributed by atoms with van der Waals surface area (Å²) in [7, 11) is 0. The molecule has 0 spiro atoms. The molecule has 1 aliphatic heterocycles. The number of hydrogen-bond donors (Lipinski definition) is 1. The van der Waals surface area contributed by atoms with Gasteiger partial charge in [0.2, 0.25) is 0 Å². The van der Waals surface area contributed by atoms with Gasteiger partial charge in [-0.1, -0.05) is 11.6 Å². The van der Waals surface area contributed by atoms with Crippen molar-refractivity contribution in [3.8, 4) is 0 Å². The maximum atomic E-state index is 14.0. The molecule has 5 nitrogen and oxygen atoms in total. The van der Waals surface area contributed by atoms with Crippen LogP contribution in [-0.4, -0.2) is 40.3 Å². The van der Waals surface area contributed by atoms with E-state index in [1.165, 1.54) is 18.2 Å². The van der Waals surface area contributed by atoms with E-state index in [9.17, 15) is 19.1 Å². The minimum atomic E-state index is -1.14. The summed E-state index contributed by atoms with van der Waals surface area (Å²) in [4.78, 5) is 24.8. The van der Waals surface area contributed by atoms with Crippen molar-refractivity contribution in [2.24, 2.45) is 0 Å². The zero-order valence-corrected chi connectivity index (χ0v) is 13.9. The number of ether oxygens (including phenoxy) is 1. The first kappa shape index (κ1) is 17.5. The van der Waals surface area contributed by atoms with Crippen LogP contribution in [0.3, 0.4) is 0 Å². The zero-order valence-electron chi connectivity index (χ0n) is 13.2. The number of nitrogens with zero attached hydrogens (tertiary/aromatic N) is 1. The number of halogens is 2. The summed E-state index contributed by atoms with van der Waals surface area (Å²) in [6, 6.07) is 3.09. The fourth-order valence-corrected chi connectivity index (χ4v) is 2.83. The van der Waals surface area contributed by atoms with Crippen LogP contribution in [0.5, 0.6) is 0 Å². The number of hydrogen-bond acceptors (Lipinski definition) is 3. The fourth-order valence-electron chi connectivity index (χ4n) is 2.65. The van der Waals surface area contributed by atoms with E-state index in [-0.39, 0.29) is 13.0 Å². The highest BCUT2D eigenvalue weighted by atomic mass is 35.5. The predicted molar refractivity (Wildman–Crippen MR) is 83.1 cm³/mol. The third kappa shape index (κ3) is 4.13. The second-order valence-electron chi connectivity index (χ2n) is 6.59. The van der Waals surface area contributed by atoms with Crippen LogP contribution in [-0.2, 0) is 9.53 Å². The maximum absolute atomic E-state index is 14.0.